The van der Waals surface area contributed by atoms with Crippen molar-refractivity contribution >= 4 is 22.2 Å². The Morgan fingerprint density at radius 3 is 2.60 bits per heavy atom. The van der Waals surface area contributed by atoms with Crippen molar-refractivity contribution in [3.05, 3.63) is 40.6 Å². The van der Waals surface area contributed by atoms with Crippen molar-refractivity contribution in [2.24, 2.45) is 0 Å². The highest BCUT2D eigenvalue weighted by molar-refractivity contribution is 5.93. The van der Waals surface area contributed by atoms with E-state index in [2.05, 4.69) is 62.8 Å². The van der Waals surface area contributed by atoms with Gasteiger partial charge < -0.3 is 5.32 Å². The average Bonchev–Trinajstić information content (AvgIpc) is 2.43. The van der Waals surface area contributed by atoms with E-state index < -0.39 is 0 Å². The van der Waals surface area contributed by atoms with Crippen LogP contribution in [0.15, 0.2) is 23.9 Å². The normalized spacial score (nSPS) is 13.7. The van der Waals surface area contributed by atoms with Gasteiger partial charge in [0.1, 0.15) is 6.54 Å². The van der Waals surface area contributed by atoms with Gasteiger partial charge >= 0.3 is 0 Å². The molecule has 2 nitrogen and oxygen atoms in total. The first-order valence-electron chi connectivity index (χ1n) is 7.44. The van der Waals surface area contributed by atoms with Crippen molar-refractivity contribution in [1.29, 1.82) is 0 Å². The number of aromatic nitrogens is 1. The van der Waals surface area contributed by atoms with Gasteiger partial charge in [-0.05, 0) is 57.9 Å². The molecule has 1 aromatic carbocycles. The van der Waals surface area contributed by atoms with Gasteiger partial charge in [-0.1, -0.05) is 5.57 Å². The maximum Gasteiger partial charge on any atom is 0.274 e. The summed E-state index contributed by atoms with van der Waals surface area (Å²) in [4.78, 5) is 0. The number of hydrogen-bond acceptors (Lipinski definition) is 0. The van der Waals surface area contributed by atoms with E-state index in [0.717, 1.165) is 13.1 Å². The topological polar surface area (TPSA) is 20.5 Å². The molecule has 0 amide bonds. The van der Waals surface area contributed by atoms with Crippen LogP contribution in [0.5, 0.6) is 0 Å². The molecular weight excluding hydrogens is 244 g/mol. The van der Waals surface area contributed by atoms with E-state index in [1.807, 2.05) is 0 Å². The first-order valence-corrected chi connectivity index (χ1v) is 7.44. The summed E-state index contributed by atoms with van der Waals surface area (Å²) in [6.45, 7) is 13.3. The van der Waals surface area contributed by atoms with Gasteiger partial charge in [-0.25, -0.2) is 0 Å². The second-order valence-electron chi connectivity index (χ2n) is 6.17. The van der Waals surface area contributed by atoms with Gasteiger partial charge in [-0.15, -0.1) is 0 Å². The number of rotatable bonds is 1. The second kappa shape index (κ2) is 4.71. The number of hydrogen-bond donors (Lipinski definition) is 1. The fourth-order valence-electron chi connectivity index (χ4n) is 3.15. The lowest BCUT2D eigenvalue weighted by Gasteiger charge is -2.16. The zero-order valence-electron chi connectivity index (χ0n) is 13.2. The lowest BCUT2D eigenvalue weighted by Crippen LogP contribution is -2.83. The summed E-state index contributed by atoms with van der Waals surface area (Å²) in [6, 6.07) is 4.61. The molecule has 0 saturated carbocycles. The first-order chi connectivity index (χ1) is 9.50. The van der Waals surface area contributed by atoms with Gasteiger partial charge in [0.2, 0.25) is 5.69 Å². The Morgan fingerprint density at radius 1 is 1.15 bits per heavy atom. The Labute approximate surface area is 121 Å². The average molecular weight is 268 g/mol. The molecule has 0 aliphatic carbocycles. The van der Waals surface area contributed by atoms with Crippen molar-refractivity contribution in [2.75, 3.05) is 6.54 Å². The summed E-state index contributed by atoms with van der Waals surface area (Å²) < 4.78 is 2.44. The van der Waals surface area contributed by atoms with Crippen molar-refractivity contribution in [1.82, 2.24) is 0 Å². The molecular formula is C18H24N2+2. The van der Waals surface area contributed by atoms with E-state index in [1.165, 1.54) is 44.4 Å². The van der Waals surface area contributed by atoms with Crippen molar-refractivity contribution in [3.63, 3.8) is 0 Å². The van der Waals surface area contributed by atoms with Crippen LogP contribution in [0.2, 0.25) is 0 Å². The Bertz CT molecular complexity index is 735. The molecule has 1 aliphatic rings. The van der Waals surface area contributed by atoms with Crippen LogP contribution in [0.3, 0.4) is 0 Å². The summed E-state index contributed by atoms with van der Waals surface area (Å²) in [7, 11) is 0. The highest BCUT2D eigenvalue weighted by atomic mass is 15.1. The summed E-state index contributed by atoms with van der Waals surface area (Å²) in [5.74, 6) is 0. The van der Waals surface area contributed by atoms with Crippen LogP contribution in [0.1, 0.15) is 37.5 Å². The number of quaternary nitrogens is 1. The third kappa shape index (κ3) is 1.87. The summed E-state index contributed by atoms with van der Waals surface area (Å²) in [6.07, 6.45) is 2.32. The lowest BCUT2D eigenvalue weighted by molar-refractivity contribution is -0.734. The summed E-state index contributed by atoms with van der Waals surface area (Å²) in [5, 5.41) is 3.82. The third-order valence-electron chi connectivity index (χ3n) is 4.72. The Balaban J connectivity index is 2.43. The fourth-order valence-corrected chi connectivity index (χ4v) is 3.15. The molecule has 0 saturated heterocycles. The molecule has 0 bridgehead atoms. The number of aryl methyl sites for hydroxylation is 2. The van der Waals surface area contributed by atoms with E-state index in [0.29, 0.717) is 0 Å². The molecule has 1 aliphatic heterocycles. The zero-order valence-corrected chi connectivity index (χ0v) is 13.2. The molecule has 20 heavy (non-hydrogen) atoms. The van der Waals surface area contributed by atoms with Crippen molar-refractivity contribution in [2.45, 2.75) is 41.2 Å². The zero-order chi connectivity index (χ0) is 14.4. The molecule has 3 rings (SSSR count). The maximum absolute atomic E-state index is 2.44. The SMILES string of the molecule is CC(C)=C(C)c1ccc2c(C)c(C)c[n+]3c2c1[NH2+]CC3. The number of nitrogens with two attached hydrogens (primary N) is 1. The molecule has 0 radical (unpaired) electrons. The molecule has 104 valence electrons. The first kappa shape index (κ1) is 13.3. The Hall–Kier alpha value is -1.67. The van der Waals surface area contributed by atoms with Crippen LogP contribution in [0.4, 0.5) is 5.69 Å². The van der Waals surface area contributed by atoms with Crippen LogP contribution in [-0.4, -0.2) is 6.54 Å². The van der Waals surface area contributed by atoms with E-state index in [1.54, 1.807) is 0 Å². The maximum atomic E-state index is 2.44. The lowest BCUT2D eigenvalue weighted by atomic mass is 9.95. The molecule has 0 unspecified atom stereocenters. The van der Waals surface area contributed by atoms with Crippen LogP contribution < -0.4 is 9.88 Å². The minimum Gasteiger partial charge on any atom is -0.302 e. The van der Waals surface area contributed by atoms with Crippen LogP contribution in [0.25, 0.3) is 16.5 Å². The van der Waals surface area contributed by atoms with Gasteiger partial charge in [-0.2, -0.15) is 4.57 Å². The molecule has 2 aromatic rings. The number of allylic oxidation sites excluding steroid dienone is 2. The Kier molecular flexibility index (Phi) is 3.14. The third-order valence-corrected chi connectivity index (χ3v) is 4.72. The minimum atomic E-state index is 1.10. The Morgan fingerprint density at radius 2 is 1.90 bits per heavy atom. The van der Waals surface area contributed by atoms with Crippen molar-refractivity contribution < 1.29 is 9.88 Å². The van der Waals surface area contributed by atoms with E-state index in [-0.39, 0.29) is 0 Å². The van der Waals surface area contributed by atoms with Gasteiger partial charge in [0.05, 0.1) is 5.39 Å². The highest BCUT2D eigenvalue weighted by Gasteiger charge is 2.27. The molecule has 0 fully saturated rings. The molecule has 2 N–H and O–H groups in total. The van der Waals surface area contributed by atoms with Crippen LogP contribution in [0, 0.1) is 13.8 Å². The highest BCUT2D eigenvalue weighted by Crippen LogP contribution is 2.31. The smallest absolute Gasteiger partial charge is 0.274 e. The second-order valence-corrected chi connectivity index (χ2v) is 6.17. The van der Waals surface area contributed by atoms with E-state index in [9.17, 15) is 0 Å². The molecule has 2 heteroatoms. The van der Waals surface area contributed by atoms with Gasteiger partial charge in [0.15, 0.2) is 12.7 Å². The molecule has 0 spiro atoms. The molecule has 0 atom stereocenters. The van der Waals surface area contributed by atoms with E-state index in [4.69, 9.17) is 0 Å². The van der Waals surface area contributed by atoms with Crippen LogP contribution >= 0.6 is 0 Å². The molecule has 2 heterocycles. The number of nitrogens with zero attached hydrogens (tertiary/aromatic N) is 1. The number of benzene rings is 1. The van der Waals surface area contributed by atoms with Crippen LogP contribution in [-0.2, 0) is 6.54 Å². The van der Waals surface area contributed by atoms with Gasteiger partial charge in [0.25, 0.3) is 5.52 Å². The monoisotopic (exact) mass is 268 g/mol. The predicted octanol–water partition coefficient (Wildman–Crippen LogP) is 2.77. The predicted molar refractivity (Wildman–Crippen MR) is 84.0 cm³/mol. The van der Waals surface area contributed by atoms with Crippen molar-refractivity contribution in [3.8, 4) is 0 Å². The fraction of sp³-hybridized carbons (Fsp3) is 0.389. The standard InChI is InChI=1S/C18H23N2/c1-11(2)13(4)15-6-7-16-14(5)12(3)10-20-9-8-19-17(15)18(16)20/h6-7,10,19H,8-9H2,1-5H3/q+1/p+1. The minimum absolute atomic E-state index is 1.10. The summed E-state index contributed by atoms with van der Waals surface area (Å²) in [5.41, 5.74) is 9.84. The number of pyridine rings is 1. The molecule has 1 aromatic heterocycles. The van der Waals surface area contributed by atoms with Gasteiger partial charge in [0, 0.05) is 11.1 Å². The van der Waals surface area contributed by atoms with E-state index >= 15 is 0 Å². The quantitative estimate of drug-likeness (QED) is 0.606. The largest absolute Gasteiger partial charge is 0.302 e. The van der Waals surface area contributed by atoms with Gasteiger partial charge in [-0.3, -0.25) is 0 Å². The summed E-state index contributed by atoms with van der Waals surface area (Å²) >= 11 is 0.